The van der Waals surface area contributed by atoms with Gasteiger partial charge in [0.2, 0.25) is 5.91 Å². The summed E-state index contributed by atoms with van der Waals surface area (Å²) in [4.78, 5) is 24.5. The van der Waals surface area contributed by atoms with Gasteiger partial charge in [-0.1, -0.05) is 306 Å². The minimum absolute atomic E-state index is 0.00369. The van der Waals surface area contributed by atoms with Crippen LogP contribution in [0.2, 0.25) is 0 Å². The summed E-state index contributed by atoms with van der Waals surface area (Å²) in [5.41, 5.74) is 0. The summed E-state index contributed by atoms with van der Waals surface area (Å²) in [5, 5.41) is 23.1. The van der Waals surface area contributed by atoms with E-state index in [9.17, 15) is 19.8 Å². The zero-order valence-electron chi connectivity index (χ0n) is 51.0. The fraction of sp³-hybridized carbons (Fsp3) is 0.857. The van der Waals surface area contributed by atoms with Crippen LogP contribution in [0.3, 0.4) is 0 Å². The van der Waals surface area contributed by atoms with Crippen LogP contribution in [0.5, 0.6) is 0 Å². The van der Waals surface area contributed by atoms with Crippen LogP contribution in [0.1, 0.15) is 361 Å². The second-order valence-electron chi connectivity index (χ2n) is 23.1. The number of rotatable bonds is 63. The zero-order valence-corrected chi connectivity index (χ0v) is 51.0. The maximum Gasteiger partial charge on any atom is 0.305 e. The van der Waals surface area contributed by atoms with E-state index in [2.05, 4.69) is 55.6 Å². The van der Waals surface area contributed by atoms with E-state index >= 15 is 0 Å². The van der Waals surface area contributed by atoms with Gasteiger partial charge in [-0.25, -0.2) is 0 Å². The first-order valence-corrected chi connectivity index (χ1v) is 33.9. The van der Waals surface area contributed by atoms with Gasteiger partial charge in [-0.05, 0) is 89.9 Å². The molecule has 0 aliphatic carbocycles. The summed E-state index contributed by atoms with van der Waals surface area (Å²) in [6.07, 6.45) is 84.6. The first-order chi connectivity index (χ1) is 37.5. The standard InChI is InChI=1S/C70H131NO5/c1-3-5-7-9-11-13-15-17-34-38-42-46-50-54-58-62-68(73)67(66-72)71-69(74)63-59-55-51-47-43-39-36-32-30-28-26-24-22-20-19-21-23-25-27-29-31-33-37-41-45-49-53-57-61-65-76-70(75)64-60-56-52-48-44-40-35-18-16-14-12-10-8-6-4-2/h18-19,21,25,27,35,58,62,67-68,72-73H,3-17,20,22-24,26,28-34,36-57,59-61,63-66H2,1-2H3,(H,71,74)/b21-19-,27-25-,35-18-,62-58+. The fourth-order valence-corrected chi connectivity index (χ4v) is 10.4. The van der Waals surface area contributed by atoms with Gasteiger partial charge in [-0.15, -0.1) is 0 Å². The Morgan fingerprint density at radius 3 is 1.01 bits per heavy atom. The normalized spacial score (nSPS) is 12.8. The molecule has 2 unspecified atom stereocenters. The van der Waals surface area contributed by atoms with Gasteiger partial charge >= 0.3 is 5.97 Å². The quantitative estimate of drug-likeness (QED) is 0.0320. The van der Waals surface area contributed by atoms with Crippen LogP contribution in [0.4, 0.5) is 0 Å². The molecule has 0 aromatic heterocycles. The van der Waals surface area contributed by atoms with Crippen LogP contribution < -0.4 is 5.32 Å². The van der Waals surface area contributed by atoms with Gasteiger partial charge in [0.1, 0.15) is 0 Å². The van der Waals surface area contributed by atoms with Gasteiger partial charge in [0.15, 0.2) is 0 Å². The molecular weight excluding hydrogens is 935 g/mol. The molecule has 0 radical (unpaired) electrons. The Bertz CT molecular complexity index is 1270. The van der Waals surface area contributed by atoms with E-state index in [-0.39, 0.29) is 18.5 Å². The van der Waals surface area contributed by atoms with E-state index in [4.69, 9.17) is 4.74 Å². The molecule has 2 atom stereocenters. The average Bonchev–Trinajstić information content (AvgIpc) is 3.42. The molecule has 0 fully saturated rings. The summed E-state index contributed by atoms with van der Waals surface area (Å²) in [5.74, 6) is -0.0641. The van der Waals surface area contributed by atoms with E-state index in [1.807, 2.05) is 6.08 Å². The predicted molar refractivity (Wildman–Crippen MR) is 333 cm³/mol. The van der Waals surface area contributed by atoms with Crippen LogP contribution in [-0.2, 0) is 14.3 Å². The third kappa shape index (κ3) is 61.0. The maximum atomic E-state index is 12.5. The van der Waals surface area contributed by atoms with Gasteiger partial charge < -0.3 is 20.3 Å². The van der Waals surface area contributed by atoms with Crippen molar-refractivity contribution in [3.05, 3.63) is 48.6 Å². The maximum absolute atomic E-state index is 12.5. The number of nitrogens with one attached hydrogen (secondary N) is 1. The minimum Gasteiger partial charge on any atom is -0.466 e. The molecule has 0 saturated carbocycles. The Balaban J connectivity index is 3.42. The Morgan fingerprint density at radius 1 is 0.368 bits per heavy atom. The molecule has 0 heterocycles. The molecule has 76 heavy (non-hydrogen) atoms. The van der Waals surface area contributed by atoms with Crippen molar-refractivity contribution in [1.29, 1.82) is 0 Å². The lowest BCUT2D eigenvalue weighted by atomic mass is 10.0. The molecule has 0 aromatic rings. The van der Waals surface area contributed by atoms with Crippen molar-refractivity contribution in [2.24, 2.45) is 0 Å². The number of esters is 1. The second-order valence-corrected chi connectivity index (χ2v) is 23.1. The number of aliphatic hydroxyl groups excluding tert-OH is 2. The van der Waals surface area contributed by atoms with E-state index in [0.717, 1.165) is 51.4 Å². The van der Waals surface area contributed by atoms with Crippen molar-refractivity contribution >= 4 is 11.9 Å². The predicted octanol–water partition coefficient (Wildman–Crippen LogP) is 21.7. The van der Waals surface area contributed by atoms with Crippen molar-refractivity contribution in [3.63, 3.8) is 0 Å². The lowest BCUT2D eigenvalue weighted by Crippen LogP contribution is -2.45. The summed E-state index contributed by atoms with van der Waals surface area (Å²) in [6, 6.07) is -0.629. The summed E-state index contributed by atoms with van der Waals surface area (Å²) >= 11 is 0. The highest BCUT2D eigenvalue weighted by molar-refractivity contribution is 5.76. The van der Waals surface area contributed by atoms with E-state index in [0.29, 0.717) is 19.4 Å². The van der Waals surface area contributed by atoms with Crippen LogP contribution >= 0.6 is 0 Å². The number of amides is 1. The SMILES string of the molecule is CCCCCCCC/C=C\CCCCCCCC(=O)OCCCCCCCCCCC/C=C\C/C=C\CCCCCCCCCCCCCCCC(=O)NC(CO)C(O)/C=C/CCCCCCCCCCCCCCC. The van der Waals surface area contributed by atoms with Gasteiger partial charge in [0.25, 0.3) is 0 Å². The molecule has 0 aliphatic rings. The average molecular weight is 1070 g/mol. The number of unbranched alkanes of at least 4 members (excludes halogenated alkanes) is 46. The number of aliphatic hydroxyl groups is 2. The highest BCUT2D eigenvalue weighted by Gasteiger charge is 2.18. The van der Waals surface area contributed by atoms with E-state index < -0.39 is 12.1 Å². The Hall–Kier alpha value is -2.18. The van der Waals surface area contributed by atoms with Crippen LogP contribution in [-0.4, -0.2) is 47.4 Å². The minimum atomic E-state index is -0.845. The molecule has 0 aliphatic heterocycles. The smallest absolute Gasteiger partial charge is 0.305 e. The fourth-order valence-electron chi connectivity index (χ4n) is 10.4. The van der Waals surface area contributed by atoms with Crippen LogP contribution in [0.15, 0.2) is 48.6 Å². The van der Waals surface area contributed by atoms with Crippen molar-refractivity contribution in [1.82, 2.24) is 5.32 Å². The molecule has 0 spiro atoms. The summed E-state index contributed by atoms with van der Waals surface area (Å²) < 4.78 is 5.48. The third-order valence-corrected chi connectivity index (χ3v) is 15.6. The van der Waals surface area contributed by atoms with Gasteiger partial charge in [0.05, 0.1) is 25.4 Å². The van der Waals surface area contributed by atoms with Crippen molar-refractivity contribution < 1.29 is 24.5 Å². The largest absolute Gasteiger partial charge is 0.466 e. The van der Waals surface area contributed by atoms with Gasteiger partial charge in [-0.2, -0.15) is 0 Å². The molecule has 0 saturated heterocycles. The number of ether oxygens (including phenoxy) is 1. The number of carbonyl (C=O) groups excluding carboxylic acids is 2. The Kier molecular flexibility index (Phi) is 63.5. The first kappa shape index (κ1) is 73.8. The molecule has 3 N–H and O–H groups in total. The van der Waals surface area contributed by atoms with Crippen molar-refractivity contribution in [2.75, 3.05) is 13.2 Å². The Morgan fingerprint density at radius 2 is 0.658 bits per heavy atom. The molecule has 0 rings (SSSR count). The summed E-state index contributed by atoms with van der Waals surface area (Å²) in [6.45, 7) is 4.91. The molecular formula is C70H131NO5. The monoisotopic (exact) mass is 1070 g/mol. The number of carbonyl (C=O) groups is 2. The zero-order chi connectivity index (χ0) is 55.0. The molecule has 1 amide bonds. The Labute approximate surface area is 474 Å². The van der Waals surface area contributed by atoms with Crippen LogP contribution in [0, 0.1) is 0 Å². The number of allylic oxidation sites excluding steroid dienone is 7. The van der Waals surface area contributed by atoms with Crippen LogP contribution in [0.25, 0.3) is 0 Å². The topological polar surface area (TPSA) is 95.9 Å². The van der Waals surface area contributed by atoms with E-state index in [1.165, 1.54) is 283 Å². The second kappa shape index (κ2) is 65.3. The third-order valence-electron chi connectivity index (χ3n) is 15.6. The summed E-state index contributed by atoms with van der Waals surface area (Å²) in [7, 11) is 0. The molecule has 6 nitrogen and oxygen atoms in total. The molecule has 0 aromatic carbocycles. The molecule has 0 bridgehead atoms. The number of hydrogen-bond acceptors (Lipinski definition) is 5. The number of hydrogen-bond donors (Lipinski definition) is 3. The lowest BCUT2D eigenvalue weighted by molar-refractivity contribution is -0.143. The highest BCUT2D eigenvalue weighted by atomic mass is 16.5. The highest BCUT2D eigenvalue weighted by Crippen LogP contribution is 2.17. The lowest BCUT2D eigenvalue weighted by Gasteiger charge is -2.20. The van der Waals surface area contributed by atoms with Crippen molar-refractivity contribution in [3.8, 4) is 0 Å². The molecule has 6 heteroatoms. The molecule has 446 valence electrons. The van der Waals surface area contributed by atoms with Crippen molar-refractivity contribution in [2.45, 2.75) is 373 Å². The van der Waals surface area contributed by atoms with Gasteiger partial charge in [-0.3, -0.25) is 9.59 Å². The van der Waals surface area contributed by atoms with Gasteiger partial charge in [0, 0.05) is 12.8 Å². The van der Waals surface area contributed by atoms with E-state index in [1.54, 1.807) is 6.08 Å². The first-order valence-electron chi connectivity index (χ1n) is 33.9.